The smallest absolute Gasteiger partial charge is 0.119 e. The van der Waals surface area contributed by atoms with Crippen LogP contribution in [0.15, 0.2) is 39.5 Å². The molecular weight excluding hydrogens is 298 g/mol. The van der Waals surface area contributed by atoms with Crippen LogP contribution < -0.4 is 10.5 Å². The summed E-state index contributed by atoms with van der Waals surface area (Å²) in [6.45, 7) is 0. The van der Waals surface area contributed by atoms with Gasteiger partial charge in [0, 0.05) is 10.5 Å². The first-order valence-electron chi connectivity index (χ1n) is 5.31. The lowest BCUT2D eigenvalue weighted by Crippen LogP contribution is -2.13. The lowest BCUT2D eigenvalue weighted by Gasteiger charge is -2.14. The summed E-state index contributed by atoms with van der Waals surface area (Å²) in [5.74, 6) is 0.837. The van der Waals surface area contributed by atoms with Crippen LogP contribution in [-0.4, -0.2) is 7.11 Å². The van der Waals surface area contributed by atoms with Crippen LogP contribution in [0, 0.1) is 0 Å². The minimum absolute atomic E-state index is 0.0194. The molecule has 0 bridgehead atoms. The van der Waals surface area contributed by atoms with Gasteiger partial charge in [-0.05, 0) is 52.6 Å². The SMILES string of the molecule is COc1ccc(Br)c(C(N)Cc2ccsc2)c1. The maximum atomic E-state index is 6.23. The molecule has 1 aromatic carbocycles. The van der Waals surface area contributed by atoms with E-state index in [2.05, 4.69) is 32.8 Å². The van der Waals surface area contributed by atoms with Crippen LogP contribution in [0.5, 0.6) is 5.75 Å². The van der Waals surface area contributed by atoms with Gasteiger partial charge in [-0.2, -0.15) is 11.3 Å². The molecule has 0 aliphatic carbocycles. The molecule has 2 aromatic rings. The summed E-state index contributed by atoms with van der Waals surface area (Å²) in [5, 5.41) is 4.20. The van der Waals surface area contributed by atoms with Gasteiger partial charge < -0.3 is 10.5 Å². The van der Waals surface area contributed by atoms with Crippen LogP contribution in [0.3, 0.4) is 0 Å². The Balaban J connectivity index is 2.20. The highest BCUT2D eigenvalue weighted by molar-refractivity contribution is 9.10. The number of thiophene rings is 1. The number of ether oxygens (including phenoxy) is 1. The summed E-state index contributed by atoms with van der Waals surface area (Å²) >= 11 is 5.23. The van der Waals surface area contributed by atoms with E-state index in [4.69, 9.17) is 10.5 Å². The number of benzene rings is 1. The molecule has 1 atom stereocenters. The Kier molecular flexibility index (Phi) is 4.20. The Labute approximate surface area is 114 Å². The molecule has 0 saturated heterocycles. The predicted octanol–water partition coefficient (Wildman–Crippen LogP) is 3.76. The number of rotatable bonds is 4. The van der Waals surface area contributed by atoms with Crippen LogP contribution in [-0.2, 0) is 6.42 Å². The summed E-state index contributed by atoms with van der Waals surface area (Å²) < 4.78 is 6.25. The molecule has 0 saturated carbocycles. The third kappa shape index (κ3) is 3.09. The first kappa shape index (κ1) is 12.6. The Morgan fingerprint density at radius 2 is 2.24 bits per heavy atom. The first-order chi connectivity index (χ1) is 8.20. The van der Waals surface area contributed by atoms with E-state index in [0.29, 0.717) is 0 Å². The average Bonchev–Trinajstić information content (AvgIpc) is 2.82. The van der Waals surface area contributed by atoms with Gasteiger partial charge in [0.25, 0.3) is 0 Å². The molecule has 1 unspecified atom stereocenters. The fraction of sp³-hybridized carbons (Fsp3) is 0.231. The van der Waals surface area contributed by atoms with Crippen molar-refractivity contribution in [1.82, 2.24) is 0 Å². The van der Waals surface area contributed by atoms with Crippen molar-refractivity contribution in [3.8, 4) is 5.75 Å². The van der Waals surface area contributed by atoms with Crippen LogP contribution >= 0.6 is 27.3 Å². The zero-order valence-electron chi connectivity index (χ0n) is 9.52. The highest BCUT2D eigenvalue weighted by Crippen LogP contribution is 2.28. The topological polar surface area (TPSA) is 35.2 Å². The molecule has 1 aromatic heterocycles. The normalized spacial score (nSPS) is 12.4. The molecule has 2 nitrogen and oxygen atoms in total. The van der Waals surface area contributed by atoms with E-state index < -0.39 is 0 Å². The molecule has 0 spiro atoms. The summed E-state index contributed by atoms with van der Waals surface area (Å²) in [4.78, 5) is 0. The molecule has 0 aliphatic rings. The Hall–Kier alpha value is -0.840. The molecule has 17 heavy (non-hydrogen) atoms. The van der Waals surface area contributed by atoms with Gasteiger partial charge in [0.1, 0.15) is 5.75 Å². The Morgan fingerprint density at radius 3 is 2.88 bits per heavy atom. The van der Waals surface area contributed by atoms with Crippen molar-refractivity contribution in [2.45, 2.75) is 12.5 Å². The fourth-order valence-corrected chi connectivity index (χ4v) is 2.93. The minimum atomic E-state index is -0.0194. The zero-order chi connectivity index (χ0) is 12.3. The Morgan fingerprint density at radius 1 is 1.41 bits per heavy atom. The van der Waals surface area contributed by atoms with Gasteiger partial charge in [-0.25, -0.2) is 0 Å². The molecular formula is C13H14BrNOS. The highest BCUT2D eigenvalue weighted by atomic mass is 79.9. The zero-order valence-corrected chi connectivity index (χ0v) is 11.9. The number of hydrogen-bond donors (Lipinski definition) is 1. The predicted molar refractivity (Wildman–Crippen MR) is 75.6 cm³/mol. The Bertz CT molecular complexity index is 484. The van der Waals surface area contributed by atoms with Crippen molar-refractivity contribution < 1.29 is 4.74 Å². The van der Waals surface area contributed by atoms with E-state index in [-0.39, 0.29) is 6.04 Å². The number of nitrogens with two attached hydrogens (primary N) is 1. The molecule has 2 rings (SSSR count). The van der Waals surface area contributed by atoms with Crippen molar-refractivity contribution >= 4 is 27.3 Å². The van der Waals surface area contributed by atoms with Crippen molar-refractivity contribution in [3.63, 3.8) is 0 Å². The second-order valence-corrected chi connectivity index (χ2v) is 5.46. The van der Waals surface area contributed by atoms with E-state index in [0.717, 1.165) is 22.2 Å². The largest absolute Gasteiger partial charge is 0.497 e. The molecule has 0 radical (unpaired) electrons. The maximum Gasteiger partial charge on any atom is 0.119 e. The lowest BCUT2D eigenvalue weighted by atomic mass is 10.0. The van der Waals surface area contributed by atoms with E-state index in [1.807, 2.05) is 18.2 Å². The maximum absolute atomic E-state index is 6.23. The van der Waals surface area contributed by atoms with Gasteiger partial charge in [0.15, 0.2) is 0 Å². The molecule has 4 heteroatoms. The van der Waals surface area contributed by atoms with E-state index in [9.17, 15) is 0 Å². The molecule has 1 heterocycles. The van der Waals surface area contributed by atoms with Crippen molar-refractivity contribution in [3.05, 3.63) is 50.6 Å². The van der Waals surface area contributed by atoms with Crippen LogP contribution in [0.4, 0.5) is 0 Å². The second kappa shape index (κ2) is 5.67. The van der Waals surface area contributed by atoms with Gasteiger partial charge in [-0.15, -0.1) is 0 Å². The monoisotopic (exact) mass is 311 g/mol. The van der Waals surface area contributed by atoms with Gasteiger partial charge in [-0.1, -0.05) is 15.9 Å². The summed E-state index contributed by atoms with van der Waals surface area (Å²) in [5.41, 5.74) is 8.58. The lowest BCUT2D eigenvalue weighted by molar-refractivity contribution is 0.413. The molecule has 0 fully saturated rings. The van der Waals surface area contributed by atoms with Crippen LogP contribution in [0.2, 0.25) is 0 Å². The van der Waals surface area contributed by atoms with Crippen molar-refractivity contribution in [1.29, 1.82) is 0 Å². The summed E-state index contributed by atoms with van der Waals surface area (Å²) in [7, 11) is 1.66. The van der Waals surface area contributed by atoms with Crippen molar-refractivity contribution in [2.24, 2.45) is 5.73 Å². The van der Waals surface area contributed by atoms with Gasteiger partial charge >= 0.3 is 0 Å². The number of methoxy groups -OCH3 is 1. The molecule has 0 aliphatic heterocycles. The number of hydrogen-bond acceptors (Lipinski definition) is 3. The van der Waals surface area contributed by atoms with Crippen molar-refractivity contribution in [2.75, 3.05) is 7.11 Å². The molecule has 2 N–H and O–H groups in total. The van der Waals surface area contributed by atoms with E-state index in [1.165, 1.54) is 5.56 Å². The van der Waals surface area contributed by atoms with Gasteiger partial charge in [0.2, 0.25) is 0 Å². The summed E-state index contributed by atoms with van der Waals surface area (Å²) in [6, 6.07) is 7.97. The van der Waals surface area contributed by atoms with Crippen LogP contribution in [0.25, 0.3) is 0 Å². The molecule has 0 amide bonds. The highest BCUT2D eigenvalue weighted by Gasteiger charge is 2.12. The van der Waals surface area contributed by atoms with E-state index >= 15 is 0 Å². The second-order valence-electron chi connectivity index (χ2n) is 3.83. The van der Waals surface area contributed by atoms with E-state index in [1.54, 1.807) is 18.4 Å². The fourth-order valence-electron chi connectivity index (χ4n) is 1.71. The first-order valence-corrected chi connectivity index (χ1v) is 7.04. The van der Waals surface area contributed by atoms with Gasteiger partial charge in [0.05, 0.1) is 7.11 Å². The molecule has 90 valence electrons. The summed E-state index contributed by atoms with van der Waals surface area (Å²) in [6.07, 6.45) is 0.843. The van der Waals surface area contributed by atoms with Gasteiger partial charge in [-0.3, -0.25) is 0 Å². The third-order valence-electron chi connectivity index (χ3n) is 2.64. The average molecular weight is 312 g/mol. The standard InChI is InChI=1S/C13H14BrNOS/c1-16-10-2-3-12(14)11(7-10)13(15)6-9-4-5-17-8-9/h2-5,7-8,13H,6,15H2,1H3. The number of halogens is 1. The quantitative estimate of drug-likeness (QED) is 0.933. The van der Waals surface area contributed by atoms with Crippen LogP contribution in [0.1, 0.15) is 17.2 Å². The minimum Gasteiger partial charge on any atom is -0.497 e. The third-order valence-corrected chi connectivity index (χ3v) is 4.09.